The van der Waals surface area contributed by atoms with Gasteiger partial charge < -0.3 is 5.32 Å². The molecule has 1 fully saturated rings. The Hall–Kier alpha value is -0.890. The van der Waals surface area contributed by atoms with Gasteiger partial charge in [-0.15, -0.1) is 0 Å². The van der Waals surface area contributed by atoms with Gasteiger partial charge in [-0.1, -0.05) is 18.9 Å². The second-order valence-corrected chi connectivity index (χ2v) is 4.70. The van der Waals surface area contributed by atoms with Crippen molar-refractivity contribution in [3.8, 4) is 0 Å². The Labute approximate surface area is 92.1 Å². The van der Waals surface area contributed by atoms with Crippen LogP contribution in [0, 0.1) is 12.8 Å². The van der Waals surface area contributed by atoms with Crippen LogP contribution < -0.4 is 5.32 Å². The lowest BCUT2D eigenvalue weighted by atomic mass is 10.0. The van der Waals surface area contributed by atoms with Crippen LogP contribution in [0.4, 0.5) is 0 Å². The van der Waals surface area contributed by atoms with E-state index in [9.17, 15) is 0 Å². The fraction of sp³-hybridized carbons (Fsp3) is 0.615. The molecule has 82 valence electrons. The molecule has 2 nitrogen and oxygen atoms in total. The number of hydrogen-bond donors (Lipinski definition) is 1. The van der Waals surface area contributed by atoms with Gasteiger partial charge in [0, 0.05) is 24.4 Å². The molecule has 0 aromatic carbocycles. The van der Waals surface area contributed by atoms with E-state index in [-0.39, 0.29) is 0 Å². The fourth-order valence-electron chi connectivity index (χ4n) is 1.93. The molecule has 0 saturated heterocycles. The van der Waals surface area contributed by atoms with E-state index in [1.165, 1.54) is 30.5 Å². The molecule has 1 atom stereocenters. The largest absolute Gasteiger partial charge is 0.317 e. The summed E-state index contributed by atoms with van der Waals surface area (Å²) in [6.45, 7) is 2.08. The smallest absolute Gasteiger partial charge is 0.0419 e. The highest BCUT2D eigenvalue weighted by atomic mass is 14.9. The first kappa shape index (κ1) is 10.6. The van der Waals surface area contributed by atoms with Crippen molar-refractivity contribution in [1.82, 2.24) is 10.3 Å². The molecular formula is C13H20N2. The molecule has 1 heterocycles. The topological polar surface area (TPSA) is 24.9 Å². The zero-order chi connectivity index (χ0) is 10.7. The molecule has 2 rings (SSSR count). The van der Waals surface area contributed by atoms with Crippen LogP contribution in [-0.2, 0) is 6.42 Å². The van der Waals surface area contributed by atoms with Crippen molar-refractivity contribution in [3.63, 3.8) is 0 Å². The van der Waals surface area contributed by atoms with Gasteiger partial charge >= 0.3 is 0 Å². The Morgan fingerprint density at radius 2 is 2.27 bits per heavy atom. The molecule has 1 saturated carbocycles. The van der Waals surface area contributed by atoms with Gasteiger partial charge in [-0.2, -0.15) is 0 Å². The average Bonchev–Trinajstić information content (AvgIpc) is 3.04. The second kappa shape index (κ2) is 4.75. The first-order valence-electron chi connectivity index (χ1n) is 5.86. The highest BCUT2D eigenvalue weighted by molar-refractivity contribution is 5.13. The van der Waals surface area contributed by atoms with E-state index < -0.39 is 0 Å². The van der Waals surface area contributed by atoms with Crippen LogP contribution in [0.3, 0.4) is 0 Å². The summed E-state index contributed by atoms with van der Waals surface area (Å²) in [6.07, 6.45) is 7.19. The summed E-state index contributed by atoms with van der Waals surface area (Å²) < 4.78 is 0. The van der Waals surface area contributed by atoms with Gasteiger partial charge in [-0.25, -0.2) is 0 Å². The van der Waals surface area contributed by atoms with E-state index in [1.807, 2.05) is 6.20 Å². The third-order valence-electron chi connectivity index (χ3n) is 3.15. The summed E-state index contributed by atoms with van der Waals surface area (Å²) in [5.41, 5.74) is 2.45. The van der Waals surface area contributed by atoms with Crippen LogP contribution in [0.2, 0.25) is 0 Å². The van der Waals surface area contributed by atoms with E-state index in [1.54, 1.807) is 0 Å². The lowest BCUT2D eigenvalue weighted by Gasteiger charge is -2.15. The maximum absolute atomic E-state index is 4.45. The molecule has 0 amide bonds. The maximum Gasteiger partial charge on any atom is 0.0419 e. The summed E-state index contributed by atoms with van der Waals surface area (Å²) >= 11 is 0. The van der Waals surface area contributed by atoms with Crippen LogP contribution in [0.5, 0.6) is 0 Å². The average molecular weight is 204 g/mol. The van der Waals surface area contributed by atoms with Crippen molar-refractivity contribution in [2.45, 2.75) is 38.6 Å². The Balaban J connectivity index is 1.89. The molecule has 0 bridgehead atoms. The third-order valence-corrected chi connectivity index (χ3v) is 3.15. The van der Waals surface area contributed by atoms with Crippen LogP contribution in [0.15, 0.2) is 18.3 Å². The van der Waals surface area contributed by atoms with E-state index >= 15 is 0 Å². The second-order valence-electron chi connectivity index (χ2n) is 4.70. The van der Waals surface area contributed by atoms with Gasteiger partial charge in [0.1, 0.15) is 0 Å². The predicted octanol–water partition coefficient (Wildman–Crippen LogP) is 2.32. The number of aromatic nitrogens is 1. The zero-order valence-corrected chi connectivity index (χ0v) is 9.66. The van der Waals surface area contributed by atoms with Crippen LogP contribution >= 0.6 is 0 Å². The Morgan fingerprint density at radius 3 is 2.80 bits per heavy atom. The van der Waals surface area contributed by atoms with Gasteiger partial charge in [-0.3, -0.25) is 4.98 Å². The van der Waals surface area contributed by atoms with Crippen LogP contribution in [0.25, 0.3) is 0 Å². The van der Waals surface area contributed by atoms with E-state index in [4.69, 9.17) is 0 Å². The van der Waals surface area contributed by atoms with Gasteiger partial charge in [0.05, 0.1) is 0 Å². The molecule has 2 heteroatoms. The highest BCUT2D eigenvalue weighted by Gasteiger charge is 2.24. The SMILES string of the molecule is CNC(Cc1ccc(C)cn1)CC1CC1. The number of aryl methyl sites for hydroxylation is 1. The van der Waals surface area contributed by atoms with E-state index in [0.717, 1.165) is 12.3 Å². The summed E-state index contributed by atoms with van der Waals surface area (Å²) in [6, 6.07) is 4.89. The zero-order valence-electron chi connectivity index (χ0n) is 9.66. The molecule has 1 N–H and O–H groups in total. The lowest BCUT2D eigenvalue weighted by Crippen LogP contribution is -2.28. The molecule has 1 unspecified atom stereocenters. The van der Waals surface area contributed by atoms with Gasteiger partial charge in [-0.05, 0) is 37.9 Å². The molecule has 0 aliphatic heterocycles. The number of nitrogens with one attached hydrogen (secondary N) is 1. The highest BCUT2D eigenvalue weighted by Crippen LogP contribution is 2.33. The number of rotatable bonds is 5. The Bertz CT molecular complexity index is 301. The van der Waals surface area contributed by atoms with Crippen LogP contribution in [0.1, 0.15) is 30.5 Å². The monoisotopic (exact) mass is 204 g/mol. The summed E-state index contributed by atoms with van der Waals surface area (Å²) in [5.74, 6) is 0.980. The Morgan fingerprint density at radius 1 is 1.47 bits per heavy atom. The van der Waals surface area contributed by atoms with Crippen molar-refractivity contribution in [1.29, 1.82) is 0 Å². The summed E-state index contributed by atoms with van der Waals surface area (Å²) in [5, 5.41) is 3.40. The van der Waals surface area contributed by atoms with Gasteiger partial charge in [0.2, 0.25) is 0 Å². The molecule has 0 spiro atoms. The molecule has 1 aliphatic rings. The maximum atomic E-state index is 4.45. The molecule has 1 aliphatic carbocycles. The fourth-order valence-corrected chi connectivity index (χ4v) is 1.93. The minimum Gasteiger partial charge on any atom is -0.317 e. The molecule has 1 aromatic rings. The third kappa shape index (κ3) is 3.31. The molecule has 0 radical (unpaired) electrons. The van der Waals surface area contributed by atoms with Crippen molar-refractivity contribution in [3.05, 3.63) is 29.6 Å². The van der Waals surface area contributed by atoms with Crippen molar-refractivity contribution >= 4 is 0 Å². The standard InChI is InChI=1S/C13H20N2/c1-10-3-6-12(15-9-10)8-13(14-2)7-11-4-5-11/h3,6,9,11,13-14H,4-5,7-8H2,1-2H3. The van der Waals surface area contributed by atoms with Gasteiger partial charge in [0.15, 0.2) is 0 Å². The molecule has 1 aromatic heterocycles. The predicted molar refractivity (Wildman–Crippen MR) is 62.9 cm³/mol. The minimum atomic E-state index is 0.604. The molecule has 15 heavy (non-hydrogen) atoms. The van der Waals surface area contributed by atoms with Gasteiger partial charge in [0.25, 0.3) is 0 Å². The van der Waals surface area contributed by atoms with Crippen LogP contribution in [-0.4, -0.2) is 18.1 Å². The van der Waals surface area contributed by atoms with E-state index in [0.29, 0.717) is 6.04 Å². The minimum absolute atomic E-state index is 0.604. The first-order chi connectivity index (χ1) is 7.28. The first-order valence-corrected chi connectivity index (χ1v) is 5.86. The number of pyridine rings is 1. The number of nitrogens with zero attached hydrogens (tertiary/aromatic N) is 1. The molecular weight excluding hydrogens is 184 g/mol. The lowest BCUT2D eigenvalue weighted by molar-refractivity contribution is 0.486. The number of likely N-dealkylation sites (N-methyl/N-ethyl adjacent to an activating group) is 1. The number of hydrogen-bond acceptors (Lipinski definition) is 2. The summed E-state index contributed by atoms with van der Waals surface area (Å²) in [4.78, 5) is 4.45. The van der Waals surface area contributed by atoms with Crippen molar-refractivity contribution < 1.29 is 0 Å². The quantitative estimate of drug-likeness (QED) is 0.796. The normalized spacial score (nSPS) is 17.7. The van der Waals surface area contributed by atoms with E-state index in [2.05, 4.69) is 36.4 Å². The summed E-state index contributed by atoms with van der Waals surface area (Å²) in [7, 11) is 2.06. The van der Waals surface area contributed by atoms with Crippen molar-refractivity contribution in [2.24, 2.45) is 5.92 Å². The Kier molecular flexibility index (Phi) is 3.37. The van der Waals surface area contributed by atoms with Crippen molar-refractivity contribution in [2.75, 3.05) is 7.05 Å².